The zero-order valence-corrected chi connectivity index (χ0v) is 14.1. The molecule has 0 saturated carbocycles. The van der Waals surface area contributed by atoms with Crippen LogP contribution in [0, 0.1) is 0 Å². The maximum absolute atomic E-state index is 11.9. The van der Waals surface area contributed by atoms with Gasteiger partial charge in [0.1, 0.15) is 0 Å². The maximum Gasteiger partial charge on any atom is 0.356 e. The Morgan fingerprint density at radius 3 is 1.75 bits per heavy atom. The molecule has 3 rings (SSSR count). The van der Waals surface area contributed by atoms with Gasteiger partial charge < -0.3 is 9.79 Å². The lowest BCUT2D eigenvalue weighted by atomic mass is 9.95. The molecule has 0 spiro atoms. The lowest BCUT2D eigenvalue weighted by Crippen LogP contribution is -2.15. The van der Waals surface area contributed by atoms with Gasteiger partial charge in [-0.25, -0.2) is 0 Å². The van der Waals surface area contributed by atoms with E-state index in [2.05, 4.69) is 0 Å². The average Bonchev–Trinajstić information content (AvgIpc) is 2.57. The van der Waals surface area contributed by atoms with Gasteiger partial charge >= 0.3 is 7.60 Å². The summed E-state index contributed by atoms with van der Waals surface area (Å²) >= 11 is 0. The van der Waals surface area contributed by atoms with Crippen molar-refractivity contribution in [3.05, 3.63) is 101 Å². The van der Waals surface area contributed by atoms with Crippen LogP contribution in [0.15, 0.2) is 78.9 Å². The second kappa shape index (κ2) is 7.14. The van der Waals surface area contributed by atoms with Crippen molar-refractivity contribution in [1.82, 2.24) is 0 Å². The van der Waals surface area contributed by atoms with Crippen LogP contribution in [0.25, 0.3) is 0 Å². The van der Waals surface area contributed by atoms with Gasteiger partial charge in [-0.15, -0.1) is 0 Å². The second-order valence-corrected chi connectivity index (χ2v) is 7.35. The Morgan fingerprint density at radius 2 is 1.21 bits per heavy atom. The van der Waals surface area contributed by atoms with E-state index < -0.39 is 7.60 Å². The van der Waals surface area contributed by atoms with Crippen molar-refractivity contribution >= 4 is 12.9 Å². The van der Waals surface area contributed by atoms with Gasteiger partial charge in [0, 0.05) is 0 Å². The van der Waals surface area contributed by atoms with Crippen LogP contribution < -0.4 is 5.30 Å². The van der Waals surface area contributed by atoms with Gasteiger partial charge in [0.25, 0.3) is 0 Å². The molecule has 0 aliphatic carbocycles. The average molecular weight is 338 g/mol. The number of rotatable bonds is 5. The molecular formula is C20H19O3P. The smallest absolute Gasteiger partial charge is 0.321 e. The van der Waals surface area contributed by atoms with Crippen LogP contribution in [0.3, 0.4) is 0 Å². The summed E-state index contributed by atoms with van der Waals surface area (Å²) in [7, 11) is -4.32. The van der Waals surface area contributed by atoms with E-state index in [0.717, 1.165) is 22.3 Å². The number of hydrogen-bond donors (Lipinski definition) is 2. The molecule has 3 aromatic rings. The van der Waals surface area contributed by atoms with Gasteiger partial charge in [0.05, 0.1) is 5.30 Å². The van der Waals surface area contributed by atoms with E-state index in [9.17, 15) is 14.4 Å². The molecule has 0 aliphatic heterocycles. The Balaban J connectivity index is 2.06. The van der Waals surface area contributed by atoms with E-state index in [0.29, 0.717) is 12.8 Å². The topological polar surface area (TPSA) is 57.5 Å². The summed E-state index contributed by atoms with van der Waals surface area (Å²) in [5.74, 6) is 0. The largest absolute Gasteiger partial charge is 0.356 e. The fourth-order valence-electron chi connectivity index (χ4n) is 2.88. The molecule has 3 aromatic carbocycles. The van der Waals surface area contributed by atoms with Crippen molar-refractivity contribution < 1.29 is 14.4 Å². The quantitative estimate of drug-likeness (QED) is 0.698. The van der Waals surface area contributed by atoms with E-state index in [-0.39, 0.29) is 5.30 Å². The molecule has 0 aromatic heterocycles. The first-order valence-corrected chi connectivity index (χ1v) is 9.40. The number of hydrogen-bond acceptors (Lipinski definition) is 1. The molecule has 0 radical (unpaired) electrons. The minimum Gasteiger partial charge on any atom is -0.321 e. The van der Waals surface area contributed by atoms with Crippen LogP contribution in [0.1, 0.15) is 22.3 Å². The molecule has 0 aliphatic rings. The SMILES string of the molecule is O=P(O)(O)c1cccc(Cc2ccccc2)c1Cc1ccccc1. The normalized spacial score (nSPS) is 11.4. The molecule has 0 unspecified atom stereocenters. The predicted molar refractivity (Wildman–Crippen MR) is 96.6 cm³/mol. The molecule has 0 saturated heterocycles. The van der Waals surface area contributed by atoms with Crippen molar-refractivity contribution in [2.45, 2.75) is 12.8 Å². The highest BCUT2D eigenvalue weighted by Crippen LogP contribution is 2.36. The van der Waals surface area contributed by atoms with Crippen molar-refractivity contribution in [3.8, 4) is 0 Å². The molecule has 2 N–H and O–H groups in total. The second-order valence-electron chi connectivity index (χ2n) is 5.78. The summed E-state index contributed by atoms with van der Waals surface area (Å²) < 4.78 is 11.9. The fraction of sp³-hybridized carbons (Fsp3) is 0.100. The molecule has 0 fully saturated rings. The maximum atomic E-state index is 11.9. The molecule has 24 heavy (non-hydrogen) atoms. The van der Waals surface area contributed by atoms with E-state index >= 15 is 0 Å². The molecule has 4 heteroatoms. The van der Waals surface area contributed by atoms with Gasteiger partial charge in [0.2, 0.25) is 0 Å². The predicted octanol–water partition coefficient (Wildman–Crippen LogP) is 3.67. The van der Waals surface area contributed by atoms with Crippen molar-refractivity contribution in [3.63, 3.8) is 0 Å². The van der Waals surface area contributed by atoms with E-state index in [4.69, 9.17) is 0 Å². The summed E-state index contributed by atoms with van der Waals surface area (Å²) in [5, 5.41) is 0.125. The third-order valence-corrected chi connectivity index (χ3v) is 5.07. The van der Waals surface area contributed by atoms with Gasteiger partial charge in [-0.05, 0) is 41.2 Å². The highest BCUT2D eigenvalue weighted by atomic mass is 31.2. The van der Waals surface area contributed by atoms with Gasteiger partial charge in [0.15, 0.2) is 0 Å². The highest BCUT2D eigenvalue weighted by molar-refractivity contribution is 7.60. The van der Waals surface area contributed by atoms with Crippen LogP contribution in [-0.4, -0.2) is 9.79 Å². The van der Waals surface area contributed by atoms with Gasteiger partial charge in [-0.3, -0.25) is 4.57 Å². The van der Waals surface area contributed by atoms with Crippen LogP contribution >= 0.6 is 7.60 Å². The summed E-state index contributed by atoms with van der Waals surface area (Å²) in [4.78, 5) is 19.5. The highest BCUT2D eigenvalue weighted by Gasteiger charge is 2.23. The Hall–Kier alpha value is -2.19. The zero-order chi connectivity index (χ0) is 17.0. The Morgan fingerprint density at radius 1 is 0.667 bits per heavy atom. The first-order chi connectivity index (χ1) is 11.5. The molecule has 0 amide bonds. The molecule has 3 nitrogen and oxygen atoms in total. The van der Waals surface area contributed by atoms with E-state index in [1.54, 1.807) is 6.07 Å². The van der Waals surface area contributed by atoms with E-state index in [1.807, 2.05) is 66.7 Å². The molecule has 0 heterocycles. The van der Waals surface area contributed by atoms with Gasteiger partial charge in [-0.1, -0.05) is 72.8 Å². The third kappa shape index (κ3) is 4.01. The van der Waals surface area contributed by atoms with Crippen LogP contribution in [0.2, 0.25) is 0 Å². The summed E-state index contributed by atoms with van der Waals surface area (Å²) in [6.45, 7) is 0. The summed E-state index contributed by atoms with van der Waals surface area (Å²) in [6.07, 6.45) is 1.15. The Labute approximate surface area is 141 Å². The monoisotopic (exact) mass is 338 g/mol. The third-order valence-electron chi connectivity index (χ3n) is 4.02. The first-order valence-electron chi connectivity index (χ1n) is 7.79. The first kappa shape index (κ1) is 16.7. The zero-order valence-electron chi connectivity index (χ0n) is 13.2. The lowest BCUT2D eigenvalue weighted by Gasteiger charge is -2.16. The molecular weight excluding hydrogens is 319 g/mol. The Bertz CT molecular complexity index is 855. The van der Waals surface area contributed by atoms with E-state index in [1.165, 1.54) is 6.07 Å². The van der Waals surface area contributed by atoms with Crippen molar-refractivity contribution in [2.75, 3.05) is 0 Å². The molecule has 122 valence electrons. The summed E-state index contributed by atoms with van der Waals surface area (Å²) in [6, 6.07) is 24.9. The minimum atomic E-state index is -4.32. The summed E-state index contributed by atoms with van der Waals surface area (Å²) in [5.41, 5.74) is 3.83. The standard InChI is InChI=1S/C20H19O3P/c21-24(22,23)20-13-7-12-18(14-16-8-3-1-4-9-16)19(20)15-17-10-5-2-6-11-17/h1-13H,14-15H2,(H2,21,22,23). The van der Waals surface area contributed by atoms with Crippen LogP contribution in [-0.2, 0) is 17.4 Å². The minimum absolute atomic E-state index is 0.125. The fourth-order valence-corrected chi connectivity index (χ4v) is 3.73. The number of benzene rings is 3. The van der Waals surface area contributed by atoms with Crippen LogP contribution in [0.4, 0.5) is 0 Å². The lowest BCUT2D eigenvalue weighted by molar-refractivity contribution is 0.387. The van der Waals surface area contributed by atoms with Gasteiger partial charge in [-0.2, -0.15) is 0 Å². The Kier molecular flexibility index (Phi) is 4.96. The van der Waals surface area contributed by atoms with Crippen molar-refractivity contribution in [2.24, 2.45) is 0 Å². The van der Waals surface area contributed by atoms with Crippen LogP contribution in [0.5, 0.6) is 0 Å². The molecule has 0 atom stereocenters. The van der Waals surface area contributed by atoms with Crippen molar-refractivity contribution in [1.29, 1.82) is 0 Å². The molecule has 0 bridgehead atoms.